The highest BCUT2D eigenvalue weighted by atomic mass is 19.2. The van der Waals surface area contributed by atoms with Crippen molar-refractivity contribution < 1.29 is 13.9 Å². The summed E-state index contributed by atoms with van der Waals surface area (Å²) in [6, 6.07) is 14.3. The Bertz CT molecular complexity index is 1250. The van der Waals surface area contributed by atoms with E-state index < -0.39 is 17.6 Å². The topological polar surface area (TPSA) is 46.0 Å². The van der Waals surface area contributed by atoms with Gasteiger partial charge in [-0.05, 0) is 55.7 Å². The number of hydrogen-bond acceptors (Lipinski definition) is 3. The minimum absolute atomic E-state index is 0.0192. The quantitative estimate of drug-likeness (QED) is 0.460. The minimum Gasteiger partial charge on any atom is -0.505 e. The van der Waals surface area contributed by atoms with Crippen LogP contribution in [0.3, 0.4) is 0 Å². The van der Waals surface area contributed by atoms with Crippen LogP contribution in [0.4, 0.5) is 8.78 Å². The molecule has 0 radical (unpaired) electrons. The van der Waals surface area contributed by atoms with Crippen LogP contribution in [-0.2, 0) is 6.42 Å². The van der Waals surface area contributed by atoms with E-state index in [-0.39, 0.29) is 16.9 Å². The fourth-order valence-electron chi connectivity index (χ4n) is 3.81. The van der Waals surface area contributed by atoms with Crippen molar-refractivity contribution in [2.75, 3.05) is 0 Å². The van der Waals surface area contributed by atoms with Gasteiger partial charge >= 0.3 is 0 Å². The van der Waals surface area contributed by atoms with E-state index in [9.17, 15) is 13.9 Å². The number of halogens is 2. The number of hydrogen-bond donors (Lipinski definition) is 1. The first-order chi connectivity index (χ1) is 14.3. The van der Waals surface area contributed by atoms with Gasteiger partial charge in [-0.3, -0.25) is 4.98 Å². The first-order valence-corrected chi connectivity index (χ1v) is 9.80. The van der Waals surface area contributed by atoms with Crippen molar-refractivity contribution in [3.05, 3.63) is 100 Å². The van der Waals surface area contributed by atoms with Crippen molar-refractivity contribution in [1.29, 1.82) is 0 Å². The predicted octanol–water partition coefficient (Wildman–Crippen LogP) is 5.91. The van der Waals surface area contributed by atoms with Crippen LogP contribution in [0.2, 0.25) is 0 Å². The van der Waals surface area contributed by atoms with E-state index >= 15 is 0 Å². The lowest BCUT2D eigenvalue weighted by Gasteiger charge is -2.21. The molecule has 0 aliphatic carbocycles. The van der Waals surface area contributed by atoms with E-state index in [4.69, 9.17) is 0 Å². The Morgan fingerprint density at radius 1 is 0.900 bits per heavy atom. The van der Waals surface area contributed by atoms with E-state index in [0.29, 0.717) is 17.5 Å². The van der Waals surface area contributed by atoms with E-state index in [1.54, 1.807) is 24.4 Å². The Hall–Kier alpha value is -3.34. The molecule has 4 aromatic rings. The number of rotatable bonds is 4. The van der Waals surface area contributed by atoms with Crippen LogP contribution >= 0.6 is 0 Å². The average Bonchev–Trinajstić information content (AvgIpc) is 2.72. The maximum Gasteiger partial charge on any atom is 0.162 e. The summed E-state index contributed by atoms with van der Waals surface area (Å²) in [5.41, 5.74) is 3.88. The Balaban J connectivity index is 1.93. The van der Waals surface area contributed by atoms with Crippen LogP contribution in [-0.4, -0.2) is 15.1 Å². The molecule has 2 heterocycles. The van der Waals surface area contributed by atoms with Gasteiger partial charge in [0.15, 0.2) is 11.6 Å². The van der Waals surface area contributed by atoms with Crippen molar-refractivity contribution in [2.24, 2.45) is 0 Å². The highest BCUT2D eigenvalue weighted by Gasteiger charge is 2.25. The molecule has 152 valence electrons. The predicted molar refractivity (Wildman–Crippen MR) is 114 cm³/mol. The van der Waals surface area contributed by atoms with E-state index in [2.05, 4.69) is 9.97 Å². The summed E-state index contributed by atoms with van der Waals surface area (Å²) in [7, 11) is 0. The van der Waals surface area contributed by atoms with Gasteiger partial charge < -0.3 is 5.11 Å². The van der Waals surface area contributed by atoms with Crippen molar-refractivity contribution in [3.8, 4) is 5.75 Å². The molecule has 1 atom stereocenters. The Labute approximate surface area is 174 Å². The maximum absolute atomic E-state index is 15.0. The number of aromatic nitrogens is 2. The number of pyridine rings is 2. The summed E-state index contributed by atoms with van der Waals surface area (Å²) in [5.74, 6) is -2.41. The molecule has 0 saturated carbocycles. The van der Waals surface area contributed by atoms with Gasteiger partial charge in [0.2, 0.25) is 0 Å². The zero-order chi connectivity index (χ0) is 21.4. The molecule has 4 rings (SSSR count). The molecule has 0 bridgehead atoms. The lowest BCUT2D eigenvalue weighted by atomic mass is 9.85. The fourth-order valence-corrected chi connectivity index (χ4v) is 3.81. The van der Waals surface area contributed by atoms with Crippen molar-refractivity contribution >= 4 is 10.9 Å². The van der Waals surface area contributed by atoms with Crippen molar-refractivity contribution in [3.63, 3.8) is 0 Å². The van der Waals surface area contributed by atoms with Crippen LogP contribution in [0.15, 0.2) is 54.7 Å². The third-order valence-electron chi connectivity index (χ3n) is 5.45. The molecule has 0 aliphatic heterocycles. The van der Waals surface area contributed by atoms with Crippen LogP contribution in [0.5, 0.6) is 5.75 Å². The van der Waals surface area contributed by atoms with Crippen LogP contribution in [0.1, 0.15) is 39.6 Å². The number of nitrogens with zero attached hydrogens (tertiary/aromatic N) is 2. The zero-order valence-corrected chi connectivity index (χ0v) is 17.1. The summed E-state index contributed by atoms with van der Waals surface area (Å²) in [6.07, 6.45) is 2.00. The number of aryl methyl sites for hydroxylation is 3. The maximum atomic E-state index is 15.0. The molecule has 1 N–H and O–H groups in total. The number of aromatic hydroxyl groups is 1. The molecule has 1 unspecified atom stereocenters. The monoisotopic (exact) mass is 404 g/mol. The highest BCUT2D eigenvalue weighted by Crippen LogP contribution is 2.39. The first kappa shape index (κ1) is 20.0. The second kappa shape index (κ2) is 7.82. The average molecular weight is 404 g/mol. The molecule has 0 aliphatic rings. The second-order valence-electron chi connectivity index (χ2n) is 7.71. The molecule has 0 amide bonds. The molecule has 0 saturated heterocycles. The number of phenolic OH excluding ortho intramolecular Hbond substituents is 1. The zero-order valence-electron chi connectivity index (χ0n) is 17.1. The molecule has 5 heteroatoms. The first-order valence-electron chi connectivity index (χ1n) is 9.80. The van der Waals surface area contributed by atoms with Crippen molar-refractivity contribution in [2.45, 2.75) is 33.1 Å². The number of benzene rings is 2. The van der Waals surface area contributed by atoms with Gasteiger partial charge in [-0.25, -0.2) is 13.8 Å². The normalized spacial score (nSPS) is 12.3. The highest BCUT2D eigenvalue weighted by molar-refractivity contribution is 5.86. The van der Waals surface area contributed by atoms with E-state index in [1.807, 2.05) is 44.2 Å². The lowest BCUT2D eigenvalue weighted by Crippen LogP contribution is -2.11. The molecule has 2 aromatic heterocycles. The number of fused-ring (bicyclic) bond motifs is 1. The van der Waals surface area contributed by atoms with Gasteiger partial charge in [0.25, 0.3) is 0 Å². The van der Waals surface area contributed by atoms with E-state index in [1.165, 1.54) is 6.92 Å². The van der Waals surface area contributed by atoms with Gasteiger partial charge in [-0.15, -0.1) is 0 Å². The Morgan fingerprint density at radius 3 is 2.40 bits per heavy atom. The van der Waals surface area contributed by atoms with Crippen molar-refractivity contribution in [1.82, 2.24) is 9.97 Å². The smallest absolute Gasteiger partial charge is 0.162 e. The third kappa shape index (κ3) is 3.63. The summed E-state index contributed by atoms with van der Waals surface area (Å²) >= 11 is 0. The molecule has 0 fully saturated rings. The largest absolute Gasteiger partial charge is 0.505 e. The fraction of sp³-hybridized carbons (Fsp3) is 0.200. The lowest BCUT2D eigenvalue weighted by molar-refractivity contribution is 0.462. The van der Waals surface area contributed by atoms with Gasteiger partial charge in [-0.1, -0.05) is 30.3 Å². The minimum atomic E-state index is -0.899. The molecular weight excluding hydrogens is 382 g/mol. The SMILES string of the molecule is Cc1ccnc(CC(c2ccc(C)c(F)c2F)c2ccc3ccc(C)nc3c2O)c1. The molecule has 0 spiro atoms. The van der Waals surface area contributed by atoms with Gasteiger partial charge in [0.05, 0.1) is 0 Å². The molecule has 3 nitrogen and oxygen atoms in total. The second-order valence-corrected chi connectivity index (χ2v) is 7.71. The molecular formula is C25H22F2N2O. The van der Waals surface area contributed by atoms with Gasteiger partial charge in [0.1, 0.15) is 11.3 Å². The summed E-state index contributed by atoms with van der Waals surface area (Å²) < 4.78 is 29.4. The van der Waals surface area contributed by atoms with Crippen LogP contribution in [0.25, 0.3) is 10.9 Å². The summed E-state index contributed by atoms with van der Waals surface area (Å²) in [5, 5.41) is 11.8. The standard InChI is InChI=1S/C25H22F2N2O/c1-14-10-11-28-18(12-14)13-21(19-8-4-15(2)22(26)23(19)27)20-9-7-17-6-5-16(3)29-24(17)25(20)30/h4-12,21,30H,13H2,1-3H3. The van der Waals surface area contributed by atoms with Crippen LogP contribution in [0, 0.1) is 32.4 Å². The van der Waals surface area contributed by atoms with Gasteiger partial charge in [-0.2, -0.15) is 0 Å². The van der Waals surface area contributed by atoms with Gasteiger partial charge in [0, 0.05) is 40.9 Å². The third-order valence-corrected chi connectivity index (χ3v) is 5.45. The molecule has 2 aromatic carbocycles. The molecule has 30 heavy (non-hydrogen) atoms. The Kier molecular flexibility index (Phi) is 5.20. The Morgan fingerprint density at radius 2 is 1.63 bits per heavy atom. The van der Waals surface area contributed by atoms with Crippen LogP contribution < -0.4 is 0 Å². The summed E-state index contributed by atoms with van der Waals surface area (Å²) in [4.78, 5) is 8.85. The van der Waals surface area contributed by atoms with E-state index in [0.717, 1.165) is 22.3 Å². The number of phenols is 1. The summed E-state index contributed by atoms with van der Waals surface area (Å²) in [6.45, 7) is 5.32.